The molecule has 0 atom stereocenters. The van der Waals surface area contributed by atoms with Crippen LogP contribution in [0.4, 0.5) is 0 Å². The number of phenols is 1. The zero-order chi connectivity index (χ0) is 12.8. The van der Waals surface area contributed by atoms with Gasteiger partial charge in [-0.2, -0.15) is 5.26 Å². The van der Waals surface area contributed by atoms with Gasteiger partial charge in [-0.15, -0.1) is 0 Å². The Morgan fingerprint density at radius 2 is 1.89 bits per heavy atom. The minimum absolute atomic E-state index is 0.258. The third kappa shape index (κ3) is 3.14. The largest absolute Gasteiger partial charge is 0.508 e. The lowest BCUT2D eigenvalue weighted by molar-refractivity contribution is 0.308. The number of unbranched alkanes of at least 4 members (excludes halogenated alkanes) is 2. The normalized spacial score (nSPS) is 10.2. The van der Waals surface area contributed by atoms with Gasteiger partial charge in [0.1, 0.15) is 11.5 Å². The maximum absolute atomic E-state index is 9.42. The number of nitriles is 1. The highest BCUT2D eigenvalue weighted by molar-refractivity contribution is 5.85. The van der Waals surface area contributed by atoms with Gasteiger partial charge in [0, 0.05) is 6.42 Å². The first-order valence-electron chi connectivity index (χ1n) is 6.02. The minimum Gasteiger partial charge on any atom is -0.508 e. The van der Waals surface area contributed by atoms with Crippen molar-refractivity contribution >= 4 is 10.8 Å². The Hall–Kier alpha value is -2.21. The van der Waals surface area contributed by atoms with Crippen LogP contribution in [0.1, 0.15) is 19.3 Å². The Labute approximate surface area is 106 Å². The average Bonchev–Trinajstić information content (AvgIpc) is 2.38. The number of hydrogen-bond donors (Lipinski definition) is 1. The van der Waals surface area contributed by atoms with E-state index in [4.69, 9.17) is 10.00 Å². The summed E-state index contributed by atoms with van der Waals surface area (Å²) in [6.07, 6.45) is 2.32. The number of fused-ring (bicyclic) bond motifs is 1. The van der Waals surface area contributed by atoms with Crippen LogP contribution in [0.2, 0.25) is 0 Å². The quantitative estimate of drug-likeness (QED) is 0.813. The summed E-state index contributed by atoms with van der Waals surface area (Å²) in [6.45, 7) is 0.617. The Morgan fingerprint density at radius 1 is 1.06 bits per heavy atom. The van der Waals surface area contributed by atoms with Gasteiger partial charge in [0.05, 0.1) is 12.7 Å². The number of benzene rings is 2. The molecule has 0 bridgehead atoms. The predicted molar refractivity (Wildman–Crippen MR) is 70.6 cm³/mol. The number of rotatable bonds is 5. The van der Waals surface area contributed by atoms with E-state index >= 15 is 0 Å². The molecule has 0 aliphatic rings. The van der Waals surface area contributed by atoms with Crippen molar-refractivity contribution in [3.05, 3.63) is 36.4 Å². The Balaban J connectivity index is 1.99. The van der Waals surface area contributed by atoms with Crippen molar-refractivity contribution in [3.8, 4) is 17.6 Å². The maximum atomic E-state index is 9.42. The van der Waals surface area contributed by atoms with E-state index in [9.17, 15) is 5.11 Å². The van der Waals surface area contributed by atoms with Crippen LogP contribution in [0.5, 0.6) is 11.5 Å². The molecule has 0 spiro atoms. The fraction of sp³-hybridized carbons (Fsp3) is 0.267. The molecule has 0 fully saturated rings. The lowest BCUT2D eigenvalue weighted by Crippen LogP contribution is -1.96. The summed E-state index contributed by atoms with van der Waals surface area (Å²) in [7, 11) is 0. The van der Waals surface area contributed by atoms with Crippen molar-refractivity contribution in [1.29, 1.82) is 5.26 Å². The van der Waals surface area contributed by atoms with Crippen LogP contribution >= 0.6 is 0 Å². The molecule has 3 heteroatoms. The Bertz CT molecular complexity index is 572. The van der Waals surface area contributed by atoms with Crippen LogP contribution < -0.4 is 4.74 Å². The van der Waals surface area contributed by atoms with E-state index in [1.54, 1.807) is 12.1 Å². The molecule has 2 aromatic carbocycles. The number of aromatic hydroxyl groups is 1. The van der Waals surface area contributed by atoms with Gasteiger partial charge in [0.2, 0.25) is 0 Å². The zero-order valence-electron chi connectivity index (χ0n) is 10.1. The van der Waals surface area contributed by atoms with E-state index < -0.39 is 0 Å². The van der Waals surface area contributed by atoms with Crippen LogP contribution in [0, 0.1) is 11.3 Å². The van der Waals surface area contributed by atoms with Crippen molar-refractivity contribution in [2.75, 3.05) is 6.61 Å². The van der Waals surface area contributed by atoms with E-state index in [0.717, 1.165) is 29.4 Å². The average molecular weight is 241 g/mol. The van der Waals surface area contributed by atoms with Gasteiger partial charge in [-0.3, -0.25) is 0 Å². The predicted octanol–water partition coefficient (Wildman–Crippen LogP) is 3.62. The number of ether oxygens (including phenoxy) is 1. The van der Waals surface area contributed by atoms with Gasteiger partial charge in [-0.05, 0) is 47.9 Å². The number of hydrogen-bond acceptors (Lipinski definition) is 3. The smallest absolute Gasteiger partial charge is 0.119 e. The van der Waals surface area contributed by atoms with Gasteiger partial charge in [-0.25, -0.2) is 0 Å². The van der Waals surface area contributed by atoms with Gasteiger partial charge >= 0.3 is 0 Å². The first kappa shape index (κ1) is 12.3. The summed E-state index contributed by atoms with van der Waals surface area (Å²) in [4.78, 5) is 0. The van der Waals surface area contributed by atoms with Gasteiger partial charge in [0.15, 0.2) is 0 Å². The molecule has 92 valence electrons. The molecule has 0 radical (unpaired) electrons. The van der Waals surface area contributed by atoms with Crippen molar-refractivity contribution < 1.29 is 9.84 Å². The zero-order valence-corrected chi connectivity index (χ0v) is 10.1. The van der Waals surface area contributed by atoms with E-state index in [-0.39, 0.29) is 5.75 Å². The van der Waals surface area contributed by atoms with Crippen LogP contribution in [0.3, 0.4) is 0 Å². The molecule has 0 saturated heterocycles. The molecule has 0 aliphatic heterocycles. The molecular weight excluding hydrogens is 226 g/mol. The van der Waals surface area contributed by atoms with Crippen molar-refractivity contribution in [3.63, 3.8) is 0 Å². The van der Waals surface area contributed by atoms with Crippen molar-refractivity contribution in [2.24, 2.45) is 0 Å². The molecule has 0 saturated carbocycles. The summed E-state index contributed by atoms with van der Waals surface area (Å²) in [5.74, 6) is 1.05. The molecule has 0 amide bonds. The van der Waals surface area contributed by atoms with E-state index in [2.05, 4.69) is 6.07 Å². The summed E-state index contributed by atoms with van der Waals surface area (Å²) >= 11 is 0. The summed E-state index contributed by atoms with van der Waals surface area (Å²) in [6, 6.07) is 13.2. The SMILES string of the molecule is N#CCCCCOc1ccc2ccc(O)cc2c1. The Kier molecular flexibility index (Phi) is 4.03. The van der Waals surface area contributed by atoms with E-state index in [1.165, 1.54) is 0 Å². The van der Waals surface area contributed by atoms with E-state index in [0.29, 0.717) is 13.0 Å². The highest BCUT2D eigenvalue weighted by Gasteiger charge is 1.99. The van der Waals surface area contributed by atoms with Gasteiger partial charge in [0.25, 0.3) is 0 Å². The van der Waals surface area contributed by atoms with Crippen LogP contribution in [-0.4, -0.2) is 11.7 Å². The second-order valence-corrected chi connectivity index (χ2v) is 4.16. The van der Waals surface area contributed by atoms with Gasteiger partial charge in [-0.1, -0.05) is 12.1 Å². The number of nitrogens with zero attached hydrogens (tertiary/aromatic N) is 1. The topological polar surface area (TPSA) is 53.2 Å². The van der Waals surface area contributed by atoms with E-state index in [1.807, 2.05) is 24.3 Å². The molecule has 0 unspecified atom stereocenters. The third-order valence-electron chi connectivity index (χ3n) is 2.75. The molecular formula is C15H15NO2. The minimum atomic E-state index is 0.258. The maximum Gasteiger partial charge on any atom is 0.119 e. The Morgan fingerprint density at radius 3 is 2.72 bits per heavy atom. The standard InChI is InChI=1S/C15H15NO2/c16-8-2-1-3-9-18-15-7-5-12-4-6-14(17)10-13(12)11-15/h4-7,10-11,17H,1-3,9H2. The molecule has 1 N–H and O–H groups in total. The molecule has 2 rings (SSSR count). The molecule has 0 aromatic heterocycles. The second kappa shape index (κ2) is 5.92. The highest BCUT2D eigenvalue weighted by atomic mass is 16.5. The summed E-state index contributed by atoms with van der Waals surface area (Å²) in [5.41, 5.74) is 0. The molecule has 0 heterocycles. The lowest BCUT2D eigenvalue weighted by atomic mass is 10.1. The summed E-state index contributed by atoms with van der Waals surface area (Å²) < 4.78 is 5.61. The molecule has 18 heavy (non-hydrogen) atoms. The van der Waals surface area contributed by atoms with Crippen LogP contribution in [-0.2, 0) is 0 Å². The third-order valence-corrected chi connectivity index (χ3v) is 2.75. The lowest BCUT2D eigenvalue weighted by Gasteiger charge is -2.07. The van der Waals surface area contributed by atoms with Crippen molar-refractivity contribution in [1.82, 2.24) is 0 Å². The first-order chi connectivity index (χ1) is 8.79. The monoisotopic (exact) mass is 241 g/mol. The van der Waals surface area contributed by atoms with Gasteiger partial charge < -0.3 is 9.84 Å². The first-order valence-corrected chi connectivity index (χ1v) is 6.02. The molecule has 2 aromatic rings. The summed E-state index contributed by atoms with van der Waals surface area (Å²) in [5, 5.41) is 19.9. The fourth-order valence-electron chi connectivity index (χ4n) is 1.80. The second-order valence-electron chi connectivity index (χ2n) is 4.16. The van der Waals surface area contributed by atoms with Crippen molar-refractivity contribution in [2.45, 2.75) is 19.3 Å². The molecule has 0 aliphatic carbocycles. The van der Waals surface area contributed by atoms with Crippen LogP contribution in [0.25, 0.3) is 10.8 Å². The molecule has 3 nitrogen and oxygen atoms in total. The number of phenolic OH excluding ortho intramolecular Hbond substituents is 1. The highest BCUT2D eigenvalue weighted by Crippen LogP contribution is 2.24. The fourth-order valence-corrected chi connectivity index (χ4v) is 1.80. The van der Waals surface area contributed by atoms with Crippen LogP contribution in [0.15, 0.2) is 36.4 Å².